The number of nitrogens with zero attached hydrogens (tertiary/aromatic N) is 1. The van der Waals surface area contributed by atoms with Gasteiger partial charge in [0.1, 0.15) is 0 Å². The van der Waals surface area contributed by atoms with Gasteiger partial charge in [0.25, 0.3) is 0 Å². The fourth-order valence-electron chi connectivity index (χ4n) is 5.70. The van der Waals surface area contributed by atoms with Crippen molar-refractivity contribution >= 4 is 17.9 Å². The van der Waals surface area contributed by atoms with Crippen LogP contribution in [0.5, 0.6) is 0 Å². The molecule has 0 aromatic carbocycles. The highest BCUT2D eigenvalue weighted by Gasteiger charge is 2.26. The standard InChI is InChI=1S/C33H61NO6/c1-2-3-4-5-6-7-8-9-10-11-12-13-14-15-16-20-27-34(28-21-17-24-31(35)36,29-22-18-25-32(37)38)30-23-19-26-33(39)40/h2H,1,3-30H2,(H2-,35,36,37,38,39,40)/p+1. The van der Waals surface area contributed by atoms with Crippen LogP contribution in [0, 0.1) is 0 Å². The first-order chi connectivity index (χ1) is 19.3. The molecule has 0 unspecified atom stereocenters. The highest BCUT2D eigenvalue weighted by molar-refractivity contribution is 5.67. The van der Waals surface area contributed by atoms with Gasteiger partial charge in [0.15, 0.2) is 0 Å². The van der Waals surface area contributed by atoms with Crippen molar-refractivity contribution in [2.75, 3.05) is 26.2 Å². The van der Waals surface area contributed by atoms with E-state index in [0.29, 0.717) is 19.3 Å². The summed E-state index contributed by atoms with van der Waals surface area (Å²) in [6, 6.07) is 0. The molecule has 7 nitrogen and oxygen atoms in total. The number of hydrogen-bond acceptors (Lipinski definition) is 3. The molecule has 0 aromatic heterocycles. The molecule has 0 amide bonds. The predicted molar refractivity (Wildman–Crippen MR) is 164 cm³/mol. The van der Waals surface area contributed by atoms with E-state index < -0.39 is 17.9 Å². The van der Waals surface area contributed by atoms with Gasteiger partial charge in [0.2, 0.25) is 0 Å². The van der Waals surface area contributed by atoms with Crippen molar-refractivity contribution in [1.82, 2.24) is 0 Å². The van der Waals surface area contributed by atoms with E-state index in [9.17, 15) is 14.4 Å². The summed E-state index contributed by atoms with van der Waals surface area (Å²) in [5.41, 5.74) is 0. The lowest BCUT2D eigenvalue weighted by Gasteiger charge is -2.39. The molecule has 0 aliphatic carbocycles. The molecule has 0 fully saturated rings. The number of aliphatic carboxylic acids is 3. The maximum Gasteiger partial charge on any atom is 0.303 e. The lowest BCUT2D eigenvalue weighted by molar-refractivity contribution is -0.929. The van der Waals surface area contributed by atoms with E-state index >= 15 is 0 Å². The molecular weight excluding hydrogens is 506 g/mol. The molecule has 0 aliphatic heterocycles. The van der Waals surface area contributed by atoms with Gasteiger partial charge in [-0.15, -0.1) is 6.58 Å². The maximum atomic E-state index is 11.0. The number of quaternary nitrogens is 1. The van der Waals surface area contributed by atoms with Crippen molar-refractivity contribution in [3.05, 3.63) is 12.7 Å². The summed E-state index contributed by atoms with van der Waals surface area (Å²) in [6.45, 7) is 7.47. The van der Waals surface area contributed by atoms with Crippen LogP contribution in [0.25, 0.3) is 0 Å². The molecule has 0 rings (SSSR count). The van der Waals surface area contributed by atoms with Gasteiger partial charge in [-0.2, -0.15) is 0 Å². The summed E-state index contributed by atoms with van der Waals surface area (Å²) >= 11 is 0. The predicted octanol–water partition coefficient (Wildman–Crippen LogP) is 8.61. The van der Waals surface area contributed by atoms with E-state index in [1.54, 1.807) is 0 Å². The van der Waals surface area contributed by atoms with Crippen molar-refractivity contribution in [3.63, 3.8) is 0 Å². The first kappa shape index (κ1) is 38.1. The minimum absolute atomic E-state index is 0.175. The molecule has 0 atom stereocenters. The van der Waals surface area contributed by atoms with Crippen molar-refractivity contribution in [1.29, 1.82) is 0 Å². The molecule has 3 N–H and O–H groups in total. The van der Waals surface area contributed by atoms with E-state index in [-0.39, 0.29) is 19.3 Å². The van der Waals surface area contributed by atoms with Gasteiger partial charge in [-0.1, -0.05) is 76.7 Å². The second-order valence-corrected chi connectivity index (χ2v) is 11.8. The summed E-state index contributed by atoms with van der Waals surface area (Å²) in [5, 5.41) is 27.1. The lowest BCUT2D eigenvalue weighted by Crippen LogP contribution is -2.51. The van der Waals surface area contributed by atoms with E-state index in [1.165, 1.54) is 83.5 Å². The van der Waals surface area contributed by atoms with Gasteiger partial charge in [-0.25, -0.2) is 0 Å². The summed E-state index contributed by atoms with van der Waals surface area (Å²) in [7, 11) is 0. The molecule has 0 aromatic rings. The number of hydrogen-bond donors (Lipinski definition) is 3. The van der Waals surface area contributed by atoms with Crippen molar-refractivity contribution < 1.29 is 34.2 Å². The number of carbonyl (C=O) groups is 3. The molecule has 0 radical (unpaired) electrons. The number of unbranched alkanes of at least 4 members (excludes halogenated alkanes) is 17. The van der Waals surface area contributed by atoms with Crippen LogP contribution in [0.1, 0.15) is 154 Å². The minimum atomic E-state index is -0.768. The molecule has 0 spiro atoms. The van der Waals surface area contributed by atoms with Crippen LogP contribution in [-0.2, 0) is 14.4 Å². The van der Waals surface area contributed by atoms with Crippen LogP contribution in [0.15, 0.2) is 12.7 Å². The number of allylic oxidation sites excluding steroid dienone is 1. The van der Waals surface area contributed by atoms with Crippen LogP contribution < -0.4 is 0 Å². The van der Waals surface area contributed by atoms with E-state index in [2.05, 4.69) is 6.58 Å². The third kappa shape index (κ3) is 26.3. The number of carboxylic acids is 3. The molecule has 0 saturated carbocycles. The normalized spacial score (nSPS) is 11.5. The zero-order valence-corrected chi connectivity index (χ0v) is 25.6. The van der Waals surface area contributed by atoms with E-state index in [4.69, 9.17) is 15.3 Å². The zero-order valence-electron chi connectivity index (χ0n) is 25.6. The smallest absolute Gasteiger partial charge is 0.303 e. The first-order valence-electron chi connectivity index (χ1n) is 16.4. The van der Waals surface area contributed by atoms with Gasteiger partial charge >= 0.3 is 17.9 Å². The molecule has 234 valence electrons. The van der Waals surface area contributed by atoms with Crippen LogP contribution >= 0.6 is 0 Å². The molecule has 0 saturated heterocycles. The van der Waals surface area contributed by atoms with E-state index in [0.717, 1.165) is 62.8 Å². The van der Waals surface area contributed by atoms with Gasteiger partial charge in [-0.05, 0) is 64.2 Å². The highest BCUT2D eigenvalue weighted by atomic mass is 16.4. The molecule has 0 bridgehead atoms. The summed E-state index contributed by atoms with van der Waals surface area (Å²) in [5.74, 6) is -2.30. The van der Waals surface area contributed by atoms with Gasteiger partial charge in [-0.3, -0.25) is 14.4 Å². The van der Waals surface area contributed by atoms with Crippen LogP contribution in [0.3, 0.4) is 0 Å². The Labute approximate surface area is 245 Å². The summed E-state index contributed by atoms with van der Waals surface area (Å²) in [4.78, 5) is 33.0. The van der Waals surface area contributed by atoms with Crippen LogP contribution in [0.4, 0.5) is 0 Å². The second kappa shape index (κ2) is 27.3. The third-order valence-corrected chi connectivity index (χ3v) is 8.11. The monoisotopic (exact) mass is 568 g/mol. The quantitative estimate of drug-likeness (QED) is 0.0425. The first-order valence-corrected chi connectivity index (χ1v) is 16.4. The van der Waals surface area contributed by atoms with E-state index in [1.807, 2.05) is 6.08 Å². The number of rotatable bonds is 32. The Morgan fingerprint density at radius 2 is 0.675 bits per heavy atom. The Morgan fingerprint density at radius 1 is 0.425 bits per heavy atom. The highest BCUT2D eigenvalue weighted by Crippen LogP contribution is 2.20. The topological polar surface area (TPSA) is 112 Å². The number of carboxylic acid groups (broad SMARTS) is 3. The van der Waals surface area contributed by atoms with Crippen molar-refractivity contribution in [2.45, 2.75) is 154 Å². The van der Waals surface area contributed by atoms with Crippen molar-refractivity contribution in [3.8, 4) is 0 Å². The fraction of sp³-hybridized carbons (Fsp3) is 0.848. The molecule has 0 aliphatic rings. The lowest BCUT2D eigenvalue weighted by atomic mass is 10.0. The molecule has 40 heavy (non-hydrogen) atoms. The van der Waals surface area contributed by atoms with Crippen LogP contribution in [0.2, 0.25) is 0 Å². The molecule has 7 heteroatoms. The Kier molecular flexibility index (Phi) is 26.0. The maximum absolute atomic E-state index is 11.0. The van der Waals surface area contributed by atoms with Crippen LogP contribution in [-0.4, -0.2) is 63.9 Å². The Hall–Kier alpha value is -1.89. The fourth-order valence-corrected chi connectivity index (χ4v) is 5.70. The average molecular weight is 569 g/mol. The SMILES string of the molecule is C=CCCCCCCCCCCCCCCCC[N+](CCCCC(=O)O)(CCCCC(=O)O)CCCCC(=O)O. The molecular formula is C33H62NO6+. The Morgan fingerprint density at radius 3 is 0.950 bits per heavy atom. The second-order valence-electron chi connectivity index (χ2n) is 11.8. The van der Waals surface area contributed by atoms with Gasteiger partial charge in [0, 0.05) is 19.3 Å². The third-order valence-electron chi connectivity index (χ3n) is 8.11. The summed E-state index contributed by atoms with van der Waals surface area (Å²) < 4.78 is 0.868. The molecule has 0 heterocycles. The largest absolute Gasteiger partial charge is 0.481 e. The summed E-state index contributed by atoms with van der Waals surface area (Å²) in [6.07, 6.45) is 26.4. The zero-order chi connectivity index (χ0) is 29.7. The van der Waals surface area contributed by atoms with Gasteiger partial charge < -0.3 is 19.8 Å². The van der Waals surface area contributed by atoms with Gasteiger partial charge in [0.05, 0.1) is 26.2 Å². The minimum Gasteiger partial charge on any atom is -0.481 e. The Bertz CT molecular complexity index is 596. The Balaban J connectivity index is 4.40. The average Bonchev–Trinajstić information content (AvgIpc) is 2.91. The van der Waals surface area contributed by atoms with Crippen molar-refractivity contribution in [2.24, 2.45) is 0 Å².